The van der Waals surface area contributed by atoms with Crippen molar-refractivity contribution in [3.8, 4) is 0 Å². The third-order valence-corrected chi connectivity index (χ3v) is 4.85. The second-order valence-corrected chi connectivity index (χ2v) is 7.51. The zero-order valence-corrected chi connectivity index (χ0v) is 14.4. The molecule has 1 aromatic rings. The van der Waals surface area contributed by atoms with Crippen LogP contribution in [0.2, 0.25) is 0 Å². The molecule has 1 aliphatic rings. The van der Waals surface area contributed by atoms with E-state index in [2.05, 4.69) is 75.2 Å². The van der Waals surface area contributed by atoms with Gasteiger partial charge in [-0.05, 0) is 36.8 Å². The second kappa shape index (κ2) is 6.93. The Hall–Kier alpha value is -0.860. The molecule has 0 aromatic heterocycles. The lowest BCUT2D eigenvalue weighted by molar-refractivity contribution is 0.131. The number of nitrogens with zero attached hydrogens (tertiary/aromatic N) is 1. The molecule has 0 radical (unpaired) electrons. The first-order valence-corrected chi connectivity index (χ1v) is 8.46. The van der Waals surface area contributed by atoms with E-state index in [4.69, 9.17) is 0 Å². The van der Waals surface area contributed by atoms with Gasteiger partial charge in [0, 0.05) is 25.2 Å². The second-order valence-electron chi connectivity index (χ2n) is 7.51. The lowest BCUT2D eigenvalue weighted by Gasteiger charge is -2.39. The number of hydrogen-bond donors (Lipinski definition) is 1. The molecule has 1 aromatic carbocycles. The molecule has 2 rings (SSSR count). The maximum Gasteiger partial charge on any atom is 0.0384 e. The Morgan fingerprint density at radius 1 is 1.24 bits per heavy atom. The predicted octanol–water partition coefficient (Wildman–Crippen LogP) is 4.09. The van der Waals surface area contributed by atoms with Gasteiger partial charge in [-0.15, -0.1) is 0 Å². The van der Waals surface area contributed by atoms with Gasteiger partial charge in [-0.25, -0.2) is 0 Å². The van der Waals surface area contributed by atoms with E-state index in [9.17, 15) is 0 Å². The van der Waals surface area contributed by atoms with E-state index in [1.807, 2.05) is 0 Å². The van der Waals surface area contributed by atoms with Crippen LogP contribution in [0, 0.1) is 11.3 Å². The molecule has 118 valence electrons. The van der Waals surface area contributed by atoms with E-state index >= 15 is 0 Å². The first-order valence-electron chi connectivity index (χ1n) is 8.46. The molecule has 2 heteroatoms. The standard InChI is InChI=1S/C19H32N2/c1-6-20-18(17-10-8-7-9-11-17)19(4,5)14-21-13-15(2)12-16(21)3/h7-11,15-16,18,20H,6,12-14H2,1-5H3. The molecular weight excluding hydrogens is 256 g/mol. The first kappa shape index (κ1) is 16.5. The van der Waals surface area contributed by atoms with Crippen LogP contribution < -0.4 is 5.32 Å². The van der Waals surface area contributed by atoms with Crippen LogP contribution in [-0.4, -0.2) is 30.6 Å². The Balaban J connectivity index is 2.14. The first-order chi connectivity index (χ1) is 9.94. The van der Waals surface area contributed by atoms with Gasteiger partial charge in [-0.3, -0.25) is 4.90 Å². The molecule has 0 bridgehead atoms. The van der Waals surface area contributed by atoms with Crippen LogP contribution >= 0.6 is 0 Å². The number of hydrogen-bond acceptors (Lipinski definition) is 2. The van der Waals surface area contributed by atoms with Gasteiger partial charge >= 0.3 is 0 Å². The summed E-state index contributed by atoms with van der Waals surface area (Å²) in [4.78, 5) is 2.68. The maximum atomic E-state index is 3.71. The largest absolute Gasteiger partial charge is 0.310 e. The molecule has 3 unspecified atom stereocenters. The predicted molar refractivity (Wildman–Crippen MR) is 91.5 cm³/mol. The summed E-state index contributed by atoms with van der Waals surface area (Å²) < 4.78 is 0. The molecule has 1 N–H and O–H groups in total. The van der Waals surface area contributed by atoms with Gasteiger partial charge in [0.1, 0.15) is 0 Å². The highest BCUT2D eigenvalue weighted by Crippen LogP contribution is 2.36. The Kier molecular flexibility index (Phi) is 5.45. The van der Waals surface area contributed by atoms with Crippen molar-refractivity contribution in [3.05, 3.63) is 35.9 Å². The molecule has 0 saturated carbocycles. The molecule has 1 heterocycles. The van der Waals surface area contributed by atoms with Crippen LogP contribution in [0.3, 0.4) is 0 Å². The molecule has 2 nitrogen and oxygen atoms in total. The van der Waals surface area contributed by atoms with E-state index in [1.54, 1.807) is 0 Å². The van der Waals surface area contributed by atoms with Crippen molar-refractivity contribution >= 4 is 0 Å². The van der Waals surface area contributed by atoms with Crippen molar-refractivity contribution in [2.75, 3.05) is 19.6 Å². The fraction of sp³-hybridized carbons (Fsp3) is 0.684. The highest BCUT2D eigenvalue weighted by atomic mass is 15.2. The van der Waals surface area contributed by atoms with Crippen LogP contribution in [0.1, 0.15) is 52.6 Å². The summed E-state index contributed by atoms with van der Waals surface area (Å²) >= 11 is 0. The minimum Gasteiger partial charge on any atom is -0.310 e. The Labute approximate surface area is 130 Å². The quantitative estimate of drug-likeness (QED) is 0.848. The monoisotopic (exact) mass is 288 g/mol. The fourth-order valence-corrected chi connectivity index (χ4v) is 3.92. The Morgan fingerprint density at radius 2 is 1.90 bits per heavy atom. The Bertz CT molecular complexity index is 426. The van der Waals surface area contributed by atoms with Crippen molar-refractivity contribution < 1.29 is 0 Å². The van der Waals surface area contributed by atoms with Crippen molar-refractivity contribution in [1.29, 1.82) is 0 Å². The van der Waals surface area contributed by atoms with E-state index in [0.717, 1.165) is 25.0 Å². The minimum atomic E-state index is 0.218. The summed E-state index contributed by atoms with van der Waals surface area (Å²) in [5, 5.41) is 3.71. The molecular formula is C19H32N2. The van der Waals surface area contributed by atoms with Crippen LogP contribution in [0.4, 0.5) is 0 Å². The smallest absolute Gasteiger partial charge is 0.0384 e. The summed E-state index contributed by atoms with van der Waals surface area (Å²) in [6, 6.07) is 12.0. The van der Waals surface area contributed by atoms with Crippen LogP contribution in [0.25, 0.3) is 0 Å². The van der Waals surface area contributed by atoms with Gasteiger partial charge in [0.05, 0.1) is 0 Å². The summed E-state index contributed by atoms with van der Waals surface area (Å²) in [5.74, 6) is 0.838. The Morgan fingerprint density at radius 3 is 2.43 bits per heavy atom. The van der Waals surface area contributed by atoms with E-state index in [0.29, 0.717) is 6.04 Å². The molecule has 0 amide bonds. The van der Waals surface area contributed by atoms with Gasteiger partial charge in [0.25, 0.3) is 0 Å². The van der Waals surface area contributed by atoms with Gasteiger partial charge in [0.15, 0.2) is 0 Å². The third kappa shape index (κ3) is 4.08. The maximum absolute atomic E-state index is 3.71. The molecule has 1 fully saturated rings. The SMILES string of the molecule is CCNC(c1ccccc1)C(C)(C)CN1CC(C)CC1C. The summed E-state index contributed by atoms with van der Waals surface area (Å²) in [6.45, 7) is 15.2. The minimum absolute atomic E-state index is 0.218. The highest BCUT2D eigenvalue weighted by molar-refractivity contribution is 5.21. The summed E-state index contributed by atoms with van der Waals surface area (Å²) in [7, 11) is 0. The number of likely N-dealkylation sites (tertiary alicyclic amines) is 1. The van der Waals surface area contributed by atoms with Gasteiger partial charge in [0.2, 0.25) is 0 Å². The van der Waals surface area contributed by atoms with E-state index in [-0.39, 0.29) is 5.41 Å². The molecule has 1 saturated heterocycles. The van der Waals surface area contributed by atoms with Crippen LogP contribution in [0.15, 0.2) is 30.3 Å². The van der Waals surface area contributed by atoms with E-state index in [1.165, 1.54) is 18.5 Å². The number of rotatable bonds is 6. The fourth-order valence-electron chi connectivity index (χ4n) is 3.92. The molecule has 0 spiro atoms. The molecule has 3 atom stereocenters. The lowest BCUT2D eigenvalue weighted by Crippen LogP contribution is -2.44. The molecule has 0 aliphatic carbocycles. The number of benzene rings is 1. The van der Waals surface area contributed by atoms with Crippen molar-refractivity contribution in [1.82, 2.24) is 10.2 Å². The zero-order valence-electron chi connectivity index (χ0n) is 14.4. The number of nitrogens with one attached hydrogen (secondary N) is 1. The average Bonchev–Trinajstić information content (AvgIpc) is 2.74. The van der Waals surface area contributed by atoms with Crippen molar-refractivity contribution in [3.63, 3.8) is 0 Å². The lowest BCUT2D eigenvalue weighted by atomic mass is 9.79. The molecule has 21 heavy (non-hydrogen) atoms. The van der Waals surface area contributed by atoms with Gasteiger partial charge in [-0.1, -0.05) is 58.0 Å². The summed E-state index contributed by atoms with van der Waals surface area (Å²) in [6.07, 6.45) is 1.34. The average molecular weight is 288 g/mol. The normalized spacial score (nSPS) is 25.2. The highest BCUT2D eigenvalue weighted by Gasteiger charge is 2.36. The zero-order chi connectivity index (χ0) is 15.5. The third-order valence-electron chi connectivity index (χ3n) is 4.85. The van der Waals surface area contributed by atoms with Crippen molar-refractivity contribution in [2.24, 2.45) is 11.3 Å². The van der Waals surface area contributed by atoms with Crippen molar-refractivity contribution in [2.45, 2.75) is 53.1 Å². The van der Waals surface area contributed by atoms with E-state index < -0.39 is 0 Å². The topological polar surface area (TPSA) is 15.3 Å². The van der Waals surface area contributed by atoms with Crippen LogP contribution in [0.5, 0.6) is 0 Å². The summed E-state index contributed by atoms with van der Waals surface area (Å²) in [5.41, 5.74) is 1.62. The van der Waals surface area contributed by atoms with Gasteiger partial charge in [-0.2, -0.15) is 0 Å². The molecule has 1 aliphatic heterocycles. The van der Waals surface area contributed by atoms with Gasteiger partial charge < -0.3 is 5.32 Å². The van der Waals surface area contributed by atoms with Crippen LogP contribution in [-0.2, 0) is 0 Å².